The van der Waals surface area contributed by atoms with Crippen LogP contribution in [-0.2, 0) is 19.6 Å². The minimum absolute atomic E-state index is 0.0495. The van der Waals surface area contributed by atoms with Gasteiger partial charge >= 0.3 is 5.97 Å². The molecule has 0 aromatic carbocycles. The fourth-order valence-corrected chi connectivity index (χ4v) is 3.16. The molecule has 0 atom stereocenters. The quantitative estimate of drug-likeness (QED) is 0.608. The predicted octanol–water partition coefficient (Wildman–Crippen LogP) is 1.73. The zero-order chi connectivity index (χ0) is 14.5. The van der Waals surface area contributed by atoms with E-state index in [-0.39, 0.29) is 29.6 Å². The van der Waals surface area contributed by atoms with Crippen LogP contribution in [0.1, 0.15) is 13.3 Å². The number of nitrogens with zero attached hydrogens (tertiary/aromatic N) is 1. The first-order valence-corrected chi connectivity index (χ1v) is 7.98. The SMILES string of the molecule is CCOC(=O)CCNS(=O)(=O)c1cc(Br)cnc1Cl. The van der Waals surface area contributed by atoms with Crippen molar-refractivity contribution >= 4 is 43.5 Å². The summed E-state index contributed by atoms with van der Waals surface area (Å²) in [5, 5.41) is -0.133. The van der Waals surface area contributed by atoms with Crippen LogP contribution in [0, 0.1) is 0 Å². The first-order chi connectivity index (χ1) is 8.86. The number of carbonyl (C=O) groups excluding carboxylic acids is 1. The summed E-state index contributed by atoms with van der Waals surface area (Å²) in [5.74, 6) is -0.469. The second-order valence-electron chi connectivity index (χ2n) is 3.40. The number of carbonyl (C=O) groups is 1. The summed E-state index contributed by atoms with van der Waals surface area (Å²) in [7, 11) is -3.81. The zero-order valence-corrected chi connectivity index (χ0v) is 13.2. The molecule has 19 heavy (non-hydrogen) atoms. The lowest BCUT2D eigenvalue weighted by molar-refractivity contribution is -0.142. The molecule has 0 aliphatic rings. The highest BCUT2D eigenvalue weighted by molar-refractivity contribution is 9.10. The van der Waals surface area contributed by atoms with E-state index < -0.39 is 16.0 Å². The lowest BCUT2D eigenvalue weighted by atomic mass is 10.4. The van der Waals surface area contributed by atoms with Gasteiger partial charge < -0.3 is 4.74 Å². The van der Waals surface area contributed by atoms with Crippen molar-refractivity contribution in [2.75, 3.05) is 13.2 Å². The van der Waals surface area contributed by atoms with Gasteiger partial charge in [0.1, 0.15) is 10.0 Å². The molecule has 0 aliphatic heterocycles. The third kappa shape index (κ3) is 5.06. The molecule has 0 radical (unpaired) electrons. The van der Waals surface area contributed by atoms with Crippen molar-refractivity contribution in [3.8, 4) is 0 Å². The Labute approximate surface area is 124 Å². The maximum Gasteiger partial charge on any atom is 0.307 e. The number of pyridine rings is 1. The van der Waals surface area contributed by atoms with Gasteiger partial charge in [0, 0.05) is 17.2 Å². The summed E-state index contributed by atoms with van der Waals surface area (Å²) in [6.07, 6.45) is 1.34. The number of hydrogen-bond acceptors (Lipinski definition) is 5. The largest absolute Gasteiger partial charge is 0.466 e. The Morgan fingerprint density at radius 2 is 2.26 bits per heavy atom. The molecule has 1 aromatic heterocycles. The van der Waals surface area contributed by atoms with Crippen molar-refractivity contribution in [1.82, 2.24) is 9.71 Å². The lowest BCUT2D eigenvalue weighted by Crippen LogP contribution is -2.27. The lowest BCUT2D eigenvalue weighted by Gasteiger charge is -2.08. The fourth-order valence-electron chi connectivity index (χ4n) is 1.19. The van der Waals surface area contributed by atoms with Crippen LogP contribution < -0.4 is 4.72 Å². The maximum absolute atomic E-state index is 11.9. The van der Waals surface area contributed by atoms with Crippen LogP contribution in [0.3, 0.4) is 0 Å². The van der Waals surface area contributed by atoms with Crippen LogP contribution in [0.2, 0.25) is 5.15 Å². The molecular formula is C10H12BrClN2O4S. The second kappa shape index (κ2) is 7.18. The standard InChI is InChI=1S/C10H12BrClN2O4S/c1-2-18-9(15)3-4-14-19(16,17)8-5-7(11)6-13-10(8)12/h5-6,14H,2-4H2,1H3. The number of sulfonamides is 1. The molecule has 1 rings (SSSR count). The van der Waals surface area contributed by atoms with Crippen molar-refractivity contribution < 1.29 is 17.9 Å². The Balaban J connectivity index is 2.71. The van der Waals surface area contributed by atoms with Crippen LogP contribution in [0.5, 0.6) is 0 Å². The number of halogens is 2. The van der Waals surface area contributed by atoms with Gasteiger partial charge in [-0.2, -0.15) is 0 Å². The molecule has 0 bridgehead atoms. The van der Waals surface area contributed by atoms with E-state index in [1.54, 1.807) is 6.92 Å². The molecule has 6 nitrogen and oxygen atoms in total. The topological polar surface area (TPSA) is 85.4 Å². The zero-order valence-electron chi connectivity index (χ0n) is 10.0. The maximum atomic E-state index is 11.9. The molecule has 1 aromatic rings. The number of esters is 1. The van der Waals surface area contributed by atoms with Crippen molar-refractivity contribution in [2.24, 2.45) is 0 Å². The second-order valence-corrected chi connectivity index (χ2v) is 6.40. The van der Waals surface area contributed by atoms with Gasteiger partial charge in [-0.3, -0.25) is 4.79 Å². The van der Waals surface area contributed by atoms with E-state index in [1.165, 1.54) is 12.3 Å². The first kappa shape index (κ1) is 16.4. The number of hydrogen-bond donors (Lipinski definition) is 1. The third-order valence-electron chi connectivity index (χ3n) is 1.99. The third-order valence-corrected chi connectivity index (χ3v) is 4.31. The summed E-state index contributed by atoms with van der Waals surface area (Å²) < 4.78 is 31.3. The highest BCUT2D eigenvalue weighted by Crippen LogP contribution is 2.22. The summed E-state index contributed by atoms with van der Waals surface area (Å²) >= 11 is 8.84. The summed E-state index contributed by atoms with van der Waals surface area (Å²) in [5.41, 5.74) is 0. The molecular weight excluding hydrogens is 360 g/mol. The predicted molar refractivity (Wildman–Crippen MR) is 73.4 cm³/mol. The van der Waals surface area contributed by atoms with Crippen LogP contribution in [-0.4, -0.2) is 32.5 Å². The van der Waals surface area contributed by atoms with Gasteiger partial charge in [0.25, 0.3) is 0 Å². The highest BCUT2D eigenvalue weighted by Gasteiger charge is 2.19. The van der Waals surface area contributed by atoms with E-state index in [0.29, 0.717) is 4.47 Å². The Kier molecular flexibility index (Phi) is 6.18. The van der Waals surface area contributed by atoms with E-state index in [9.17, 15) is 13.2 Å². The molecule has 0 saturated heterocycles. The number of nitrogens with one attached hydrogen (secondary N) is 1. The van der Waals surface area contributed by atoms with E-state index in [1.807, 2.05) is 0 Å². The first-order valence-electron chi connectivity index (χ1n) is 5.33. The Morgan fingerprint density at radius 3 is 2.89 bits per heavy atom. The fraction of sp³-hybridized carbons (Fsp3) is 0.400. The molecule has 0 spiro atoms. The number of aromatic nitrogens is 1. The minimum atomic E-state index is -3.81. The van der Waals surface area contributed by atoms with Gasteiger partial charge in [-0.15, -0.1) is 0 Å². The molecule has 0 fully saturated rings. The summed E-state index contributed by atoms with van der Waals surface area (Å²) in [6, 6.07) is 1.34. The Hall–Kier alpha value is -0.700. The van der Waals surface area contributed by atoms with Gasteiger partial charge in [-0.1, -0.05) is 11.6 Å². The monoisotopic (exact) mass is 370 g/mol. The van der Waals surface area contributed by atoms with Crippen LogP contribution in [0.15, 0.2) is 21.6 Å². The highest BCUT2D eigenvalue weighted by atomic mass is 79.9. The van der Waals surface area contributed by atoms with E-state index in [4.69, 9.17) is 11.6 Å². The van der Waals surface area contributed by atoms with Crippen LogP contribution in [0.4, 0.5) is 0 Å². The van der Waals surface area contributed by atoms with Gasteiger partial charge in [0.2, 0.25) is 10.0 Å². The molecule has 0 saturated carbocycles. The number of ether oxygens (including phenoxy) is 1. The van der Waals surface area contributed by atoms with Crippen molar-refractivity contribution in [3.05, 3.63) is 21.9 Å². The van der Waals surface area contributed by atoms with Crippen molar-refractivity contribution in [1.29, 1.82) is 0 Å². The average molecular weight is 372 g/mol. The van der Waals surface area contributed by atoms with Gasteiger partial charge in [0.05, 0.1) is 13.0 Å². The Morgan fingerprint density at radius 1 is 1.58 bits per heavy atom. The van der Waals surface area contributed by atoms with Crippen LogP contribution in [0.25, 0.3) is 0 Å². The number of rotatable bonds is 6. The molecule has 106 valence electrons. The van der Waals surface area contributed by atoms with Crippen molar-refractivity contribution in [2.45, 2.75) is 18.2 Å². The summed E-state index contributed by atoms with van der Waals surface area (Å²) in [6.45, 7) is 1.87. The van der Waals surface area contributed by atoms with Gasteiger partial charge in [0.15, 0.2) is 0 Å². The average Bonchev–Trinajstić information content (AvgIpc) is 2.32. The van der Waals surface area contributed by atoms with E-state index >= 15 is 0 Å². The summed E-state index contributed by atoms with van der Waals surface area (Å²) in [4.78, 5) is 14.7. The van der Waals surface area contributed by atoms with Crippen molar-refractivity contribution in [3.63, 3.8) is 0 Å². The molecule has 1 N–H and O–H groups in total. The molecule has 0 amide bonds. The normalized spacial score (nSPS) is 11.3. The van der Waals surface area contributed by atoms with E-state index in [0.717, 1.165) is 0 Å². The smallest absolute Gasteiger partial charge is 0.307 e. The Bertz CT molecular complexity index is 565. The van der Waals surface area contributed by atoms with Crippen LogP contribution >= 0.6 is 27.5 Å². The minimum Gasteiger partial charge on any atom is -0.466 e. The van der Waals surface area contributed by atoms with Gasteiger partial charge in [-0.25, -0.2) is 18.1 Å². The molecule has 0 aliphatic carbocycles. The molecule has 0 unspecified atom stereocenters. The molecule has 9 heteroatoms. The van der Waals surface area contributed by atoms with E-state index in [2.05, 4.69) is 30.4 Å². The molecule has 1 heterocycles. The van der Waals surface area contributed by atoms with Gasteiger partial charge in [-0.05, 0) is 28.9 Å².